The van der Waals surface area contributed by atoms with Crippen LogP contribution in [0, 0.1) is 0 Å². The summed E-state index contributed by atoms with van der Waals surface area (Å²) in [5, 5.41) is 4.77. The molecule has 0 unspecified atom stereocenters. The normalized spacial score (nSPS) is 19.3. The topological polar surface area (TPSA) is 88.1 Å². The van der Waals surface area contributed by atoms with Crippen LogP contribution < -0.4 is 5.32 Å². The zero-order valence-corrected chi connectivity index (χ0v) is 16.6. The molecule has 2 aromatic rings. The third kappa shape index (κ3) is 4.65. The van der Waals surface area contributed by atoms with E-state index >= 15 is 0 Å². The molecule has 7 nitrogen and oxygen atoms in total. The van der Waals surface area contributed by atoms with E-state index in [4.69, 9.17) is 4.74 Å². The van der Waals surface area contributed by atoms with E-state index in [1.807, 2.05) is 42.5 Å². The lowest BCUT2D eigenvalue weighted by Crippen LogP contribution is -2.41. The quantitative estimate of drug-likeness (QED) is 0.817. The Labute approximate surface area is 172 Å². The van der Waals surface area contributed by atoms with Crippen molar-refractivity contribution in [2.45, 2.75) is 18.1 Å². The highest BCUT2D eigenvalue weighted by atomic mass is 32.2. The molecule has 8 heteroatoms. The summed E-state index contributed by atoms with van der Waals surface area (Å²) in [7, 11) is 0. The first kappa shape index (κ1) is 19.6. The van der Waals surface area contributed by atoms with Crippen LogP contribution in [0.25, 0.3) is 10.8 Å². The number of rotatable bonds is 5. The number of aliphatic imine (C=N–C) groups is 1. The minimum absolute atomic E-state index is 0.0193. The number of nitrogens with one attached hydrogen (secondary N) is 1. The van der Waals surface area contributed by atoms with E-state index < -0.39 is 5.25 Å². The first-order valence-corrected chi connectivity index (χ1v) is 10.4. The Balaban J connectivity index is 1.33. The molecule has 1 N–H and O–H groups in total. The van der Waals surface area contributed by atoms with Crippen molar-refractivity contribution in [3.05, 3.63) is 42.5 Å². The second-order valence-corrected chi connectivity index (χ2v) is 8.18. The van der Waals surface area contributed by atoms with E-state index in [9.17, 15) is 14.4 Å². The summed E-state index contributed by atoms with van der Waals surface area (Å²) in [6.45, 7) is 2.17. The first-order valence-electron chi connectivity index (χ1n) is 9.51. The van der Waals surface area contributed by atoms with Crippen LogP contribution in [0.5, 0.6) is 0 Å². The summed E-state index contributed by atoms with van der Waals surface area (Å²) in [4.78, 5) is 42.8. The summed E-state index contributed by atoms with van der Waals surface area (Å²) in [5.41, 5.74) is 0.715. The second kappa shape index (κ2) is 8.75. The molecule has 2 aliphatic rings. The Morgan fingerprint density at radius 3 is 2.72 bits per heavy atom. The number of fused-ring (bicyclic) bond motifs is 1. The summed E-state index contributed by atoms with van der Waals surface area (Å²) < 4.78 is 5.25. The average molecular weight is 411 g/mol. The number of nitrogens with zero attached hydrogens (tertiary/aromatic N) is 2. The molecule has 2 heterocycles. The van der Waals surface area contributed by atoms with Gasteiger partial charge < -0.3 is 15.0 Å². The maximum Gasteiger partial charge on any atom is 0.260 e. The van der Waals surface area contributed by atoms with Crippen molar-refractivity contribution in [1.29, 1.82) is 0 Å². The van der Waals surface area contributed by atoms with Gasteiger partial charge in [0.2, 0.25) is 11.8 Å². The van der Waals surface area contributed by atoms with Crippen molar-refractivity contribution in [2.75, 3.05) is 31.6 Å². The number of anilines is 1. The van der Waals surface area contributed by atoms with Gasteiger partial charge >= 0.3 is 0 Å². The summed E-state index contributed by atoms with van der Waals surface area (Å²) in [6.07, 6.45) is 0.114. The monoisotopic (exact) mass is 411 g/mol. The van der Waals surface area contributed by atoms with Gasteiger partial charge in [0, 0.05) is 30.6 Å². The van der Waals surface area contributed by atoms with Crippen LogP contribution in [-0.4, -0.2) is 59.2 Å². The van der Waals surface area contributed by atoms with Gasteiger partial charge in [-0.05, 0) is 11.5 Å². The summed E-state index contributed by atoms with van der Waals surface area (Å²) in [5.74, 6) is -0.663. The molecule has 150 valence electrons. The van der Waals surface area contributed by atoms with Crippen LogP contribution in [0.3, 0.4) is 0 Å². The molecule has 0 saturated carbocycles. The van der Waals surface area contributed by atoms with Gasteiger partial charge in [-0.15, -0.1) is 0 Å². The van der Waals surface area contributed by atoms with Crippen molar-refractivity contribution >= 4 is 51.0 Å². The number of thioether (sulfide) groups is 1. The van der Waals surface area contributed by atoms with Crippen LogP contribution in [-0.2, 0) is 19.1 Å². The van der Waals surface area contributed by atoms with Crippen molar-refractivity contribution in [1.82, 2.24) is 4.90 Å². The molecule has 0 aromatic heterocycles. The van der Waals surface area contributed by atoms with Gasteiger partial charge in [0.05, 0.1) is 24.7 Å². The molecule has 4 rings (SSSR count). The molecular weight excluding hydrogens is 390 g/mol. The molecule has 1 atom stereocenters. The van der Waals surface area contributed by atoms with Gasteiger partial charge in [-0.3, -0.25) is 14.4 Å². The third-order valence-electron chi connectivity index (χ3n) is 4.89. The number of amides is 3. The molecule has 1 saturated heterocycles. The Bertz CT molecular complexity index is 980. The molecule has 0 spiro atoms. The second-order valence-electron chi connectivity index (χ2n) is 6.90. The Morgan fingerprint density at radius 1 is 1.14 bits per heavy atom. The average Bonchev–Trinajstić information content (AvgIpc) is 3.07. The SMILES string of the molecule is O=C(C[C@@H]1SC(CC(=O)N2CCOCC2)=NC1=O)Nc1cccc2ccccc12. The molecule has 0 radical (unpaired) electrons. The molecule has 0 aliphatic carbocycles. The van der Waals surface area contributed by atoms with E-state index in [1.54, 1.807) is 4.90 Å². The zero-order chi connectivity index (χ0) is 20.2. The number of hydrogen-bond acceptors (Lipinski definition) is 5. The fraction of sp³-hybridized carbons (Fsp3) is 0.333. The summed E-state index contributed by atoms with van der Waals surface area (Å²) >= 11 is 1.21. The lowest BCUT2D eigenvalue weighted by atomic mass is 10.1. The van der Waals surface area contributed by atoms with Gasteiger partial charge in [-0.1, -0.05) is 48.2 Å². The highest BCUT2D eigenvalue weighted by Crippen LogP contribution is 2.29. The number of carbonyl (C=O) groups is 3. The van der Waals surface area contributed by atoms with E-state index in [-0.39, 0.29) is 30.6 Å². The zero-order valence-electron chi connectivity index (χ0n) is 15.8. The van der Waals surface area contributed by atoms with Crippen molar-refractivity contribution < 1.29 is 19.1 Å². The van der Waals surface area contributed by atoms with Gasteiger partial charge in [-0.2, -0.15) is 0 Å². The van der Waals surface area contributed by atoms with Crippen molar-refractivity contribution in [3.63, 3.8) is 0 Å². The van der Waals surface area contributed by atoms with Gasteiger partial charge in [0.25, 0.3) is 5.91 Å². The maximum atomic E-state index is 12.5. The van der Waals surface area contributed by atoms with Crippen LogP contribution in [0.4, 0.5) is 5.69 Å². The smallest absolute Gasteiger partial charge is 0.260 e. The van der Waals surface area contributed by atoms with E-state index in [2.05, 4.69) is 10.3 Å². The number of carbonyl (C=O) groups excluding carboxylic acids is 3. The lowest BCUT2D eigenvalue weighted by Gasteiger charge is -2.26. The molecule has 29 heavy (non-hydrogen) atoms. The predicted molar refractivity (Wildman–Crippen MR) is 113 cm³/mol. The van der Waals surface area contributed by atoms with Gasteiger partial charge in [-0.25, -0.2) is 4.99 Å². The van der Waals surface area contributed by atoms with E-state index in [0.717, 1.165) is 10.8 Å². The highest BCUT2D eigenvalue weighted by Gasteiger charge is 2.32. The van der Waals surface area contributed by atoms with Crippen LogP contribution in [0.15, 0.2) is 47.5 Å². The van der Waals surface area contributed by atoms with Crippen molar-refractivity contribution in [2.24, 2.45) is 4.99 Å². The minimum atomic E-state index is -0.586. The molecule has 0 bridgehead atoms. The standard InChI is InChI=1S/C21H21N3O4S/c25-18(22-16-7-3-5-14-4-1-2-6-15(14)16)12-17-21(27)23-19(29-17)13-20(26)24-8-10-28-11-9-24/h1-7,17H,8-13H2,(H,22,25)/t17-/m0/s1. The minimum Gasteiger partial charge on any atom is -0.378 e. The van der Waals surface area contributed by atoms with Gasteiger partial charge in [0.1, 0.15) is 5.25 Å². The summed E-state index contributed by atoms with van der Waals surface area (Å²) in [6, 6.07) is 13.5. The fourth-order valence-corrected chi connectivity index (χ4v) is 4.47. The third-order valence-corrected chi connectivity index (χ3v) is 6.05. The first-order chi connectivity index (χ1) is 14.1. The number of benzene rings is 2. The lowest BCUT2D eigenvalue weighted by molar-refractivity contribution is -0.133. The Morgan fingerprint density at radius 2 is 1.90 bits per heavy atom. The Kier molecular flexibility index (Phi) is 5.92. The highest BCUT2D eigenvalue weighted by molar-refractivity contribution is 8.15. The van der Waals surface area contributed by atoms with Crippen molar-refractivity contribution in [3.8, 4) is 0 Å². The van der Waals surface area contributed by atoms with Crippen LogP contribution in [0.1, 0.15) is 12.8 Å². The van der Waals surface area contributed by atoms with E-state index in [0.29, 0.717) is 37.0 Å². The number of ether oxygens (including phenoxy) is 1. The molecule has 2 aromatic carbocycles. The molecular formula is C21H21N3O4S. The number of hydrogen-bond donors (Lipinski definition) is 1. The molecule has 1 fully saturated rings. The van der Waals surface area contributed by atoms with Gasteiger partial charge in [0.15, 0.2) is 0 Å². The van der Waals surface area contributed by atoms with Crippen LogP contribution >= 0.6 is 11.8 Å². The maximum absolute atomic E-state index is 12.5. The number of morpholine rings is 1. The Hall–Kier alpha value is -2.71. The van der Waals surface area contributed by atoms with E-state index in [1.165, 1.54) is 11.8 Å². The fourth-order valence-electron chi connectivity index (χ4n) is 3.40. The van der Waals surface area contributed by atoms with Crippen LogP contribution in [0.2, 0.25) is 0 Å². The largest absolute Gasteiger partial charge is 0.378 e. The predicted octanol–water partition coefficient (Wildman–Crippen LogP) is 2.46. The molecule has 3 amide bonds. The molecule has 2 aliphatic heterocycles.